The molecule has 0 bridgehead atoms. The number of amides is 4. The molecule has 0 aromatic heterocycles. The van der Waals surface area contributed by atoms with Crippen molar-refractivity contribution in [3.05, 3.63) is 34.9 Å². The smallest absolute Gasteiger partial charge is 0.333 e. The first-order valence-corrected chi connectivity index (χ1v) is 12.2. The second-order valence-corrected chi connectivity index (χ2v) is 10.3. The van der Waals surface area contributed by atoms with Crippen molar-refractivity contribution >= 4 is 53.0 Å². The fraction of sp³-hybridized carbons (Fsp3) is 0.500. The number of fused-ring (bicyclic) bond motifs is 1. The fourth-order valence-corrected chi connectivity index (χ4v) is 5.78. The molecule has 10 nitrogen and oxygen atoms in total. The van der Waals surface area contributed by atoms with E-state index in [1.807, 2.05) is 0 Å². The van der Waals surface area contributed by atoms with Gasteiger partial charge in [-0.05, 0) is 31.5 Å². The summed E-state index contributed by atoms with van der Waals surface area (Å²) in [5.41, 5.74) is -0.865. The van der Waals surface area contributed by atoms with Crippen molar-refractivity contribution in [3.8, 4) is 0 Å². The second kappa shape index (κ2) is 9.20. The number of hydrogen-bond acceptors (Lipinski definition) is 8. The molecule has 4 amide bonds. The van der Waals surface area contributed by atoms with E-state index in [0.29, 0.717) is 5.02 Å². The molecule has 34 heavy (non-hydrogen) atoms. The third-order valence-corrected chi connectivity index (χ3v) is 8.11. The largest absolute Gasteiger partial charge is 0.442 e. The van der Waals surface area contributed by atoms with Gasteiger partial charge in [0.25, 0.3) is 0 Å². The molecule has 0 spiro atoms. The molecule has 3 saturated heterocycles. The van der Waals surface area contributed by atoms with E-state index in [9.17, 15) is 29.1 Å². The van der Waals surface area contributed by atoms with E-state index < -0.39 is 59.4 Å². The molecule has 2 N–H and O–H groups in total. The number of nitrogens with one attached hydrogen (secondary N) is 1. The number of aliphatic hydroxyl groups is 1. The molecule has 1 aromatic rings. The Hall–Kier alpha value is -2.63. The number of carbonyl (C=O) groups is 5. The van der Waals surface area contributed by atoms with Crippen molar-refractivity contribution in [2.24, 2.45) is 0 Å². The Labute approximate surface area is 204 Å². The third-order valence-electron chi connectivity index (χ3n) is 6.27. The van der Waals surface area contributed by atoms with Gasteiger partial charge in [-0.25, -0.2) is 9.69 Å². The molecule has 3 aliphatic rings. The number of ether oxygens (including phenoxy) is 1. The van der Waals surface area contributed by atoms with Crippen LogP contribution in [0.3, 0.4) is 0 Å². The zero-order chi connectivity index (χ0) is 24.8. The highest BCUT2D eigenvalue weighted by Gasteiger charge is 2.61. The first kappa shape index (κ1) is 24.5. The Bertz CT molecular complexity index is 1030. The van der Waals surface area contributed by atoms with Crippen LogP contribution in [0.5, 0.6) is 0 Å². The van der Waals surface area contributed by atoms with E-state index in [2.05, 4.69) is 5.32 Å². The lowest BCUT2D eigenvalue weighted by Gasteiger charge is -2.56. The molecule has 1 aromatic carbocycles. The lowest BCUT2D eigenvalue weighted by atomic mass is 9.90. The summed E-state index contributed by atoms with van der Waals surface area (Å²) >= 11 is 7.14. The van der Waals surface area contributed by atoms with Gasteiger partial charge in [-0.3, -0.25) is 19.2 Å². The molecular formula is C22H24ClN3O7S. The third kappa shape index (κ3) is 4.39. The van der Waals surface area contributed by atoms with Crippen molar-refractivity contribution in [2.75, 3.05) is 12.5 Å². The number of esters is 1. The van der Waals surface area contributed by atoms with Gasteiger partial charge in [0.1, 0.15) is 17.0 Å². The number of hydrogen-bond donors (Lipinski definition) is 2. The molecule has 3 fully saturated rings. The topological polar surface area (TPSA) is 133 Å². The number of β-lactam (4-membered cyclic amide) rings is 1. The van der Waals surface area contributed by atoms with Crippen LogP contribution in [0, 0.1) is 0 Å². The van der Waals surface area contributed by atoms with Gasteiger partial charge in [-0.2, -0.15) is 0 Å². The Morgan fingerprint density at radius 3 is 2.47 bits per heavy atom. The average Bonchev–Trinajstić information content (AvgIpc) is 3.12. The van der Waals surface area contributed by atoms with Crippen LogP contribution >= 0.6 is 23.4 Å². The Morgan fingerprint density at radius 2 is 1.85 bits per heavy atom. The van der Waals surface area contributed by atoms with Gasteiger partial charge in [-0.15, -0.1) is 11.8 Å². The maximum atomic E-state index is 12.9. The van der Waals surface area contributed by atoms with Crippen molar-refractivity contribution in [1.29, 1.82) is 0 Å². The van der Waals surface area contributed by atoms with Crippen molar-refractivity contribution in [3.63, 3.8) is 0 Å². The molecule has 4 unspecified atom stereocenters. The van der Waals surface area contributed by atoms with Gasteiger partial charge in [0.05, 0.1) is 5.92 Å². The van der Waals surface area contributed by atoms with E-state index in [1.54, 1.807) is 31.2 Å². The van der Waals surface area contributed by atoms with Crippen molar-refractivity contribution < 1.29 is 33.8 Å². The summed E-state index contributed by atoms with van der Waals surface area (Å²) < 4.78 is 5.15. The van der Waals surface area contributed by atoms with E-state index in [1.165, 1.54) is 23.6 Å². The molecule has 182 valence electrons. The summed E-state index contributed by atoms with van der Waals surface area (Å²) in [4.78, 5) is 64.1. The minimum absolute atomic E-state index is 0.0523. The molecule has 3 aliphatic heterocycles. The SMILES string of the molecule is CC(C(=O)NC1C(=O)N2C(C(=O)OCN3C(=O)CCC3=O)C(C)(O)CS[C@@H]12)c1ccc(Cl)cc1. The van der Waals surface area contributed by atoms with Gasteiger partial charge in [-0.1, -0.05) is 23.7 Å². The summed E-state index contributed by atoms with van der Waals surface area (Å²) in [6, 6.07) is 4.62. The first-order chi connectivity index (χ1) is 16.0. The number of thioether (sulfide) groups is 1. The summed E-state index contributed by atoms with van der Waals surface area (Å²) in [7, 11) is 0. The van der Waals surface area contributed by atoms with Gasteiger partial charge >= 0.3 is 5.97 Å². The maximum absolute atomic E-state index is 12.9. The van der Waals surface area contributed by atoms with Crippen LogP contribution in [0.15, 0.2) is 24.3 Å². The predicted molar refractivity (Wildman–Crippen MR) is 121 cm³/mol. The zero-order valence-electron chi connectivity index (χ0n) is 18.5. The summed E-state index contributed by atoms with van der Waals surface area (Å²) in [5, 5.41) is 13.5. The lowest BCUT2D eigenvalue weighted by Crippen LogP contribution is -2.79. The number of likely N-dealkylation sites (tertiary alicyclic amines) is 1. The van der Waals surface area contributed by atoms with Crippen molar-refractivity contribution in [1.82, 2.24) is 15.1 Å². The lowest BCUT2D eigenvalue weighted by molar-refractivity contribution is -0.181. The Kier molecular flexibility index (Phi) is 6.63. The number of rotatable bonds is 6. The molecule has 3 heterocycles. The van der Waals surface area contributed by atoms with Crippen LogP contribution < -0.4 is 5.32 Å². The highest BCUT2D eigenvalue weighted by Crippen LogP contribution is 2.42. The molecule has 0 aliphatic carbocycles. The maximum Gasteiger partial charge on any atom is 0.333 e. The molecule has 0 radical (unpaired) electrons. The molecule has 5 atom stereocenters. The monoisotopic (exact) mass is 509 g/mol. The van der Waals surface area contributed by atoms with Crippen LogP contribution in [0.25, 0.3) is 0 Å². The molecule has 0 saturated carbocycles. The average molecular weight is 510 g/mol. The minimum Gasteiger partial charge on any atom is -0.442 e. The molecular weight excluding hydrogens is 486 g/mol. The van der Waals surface area contributed by atoms with Gasteiger partial charge in [0, 0.05) is 23.6 Å². The van der Waals surface area contributed by atoms with Crippen molar-refractivity contribution in [2.45, 2.75) is 55.7 Å². The quantitative estimate of drug-likeness (QED) is 0.324. The van der Waals surface area contributed by atoms with Crippen LogP contribution in [-0.2, 0) is 28.7 Å². The Morgan fingerprint density at radius 1 is 1.24 bits per heavy atom. The number of imide groups is 1. The highest BCUT2D eigenvalue weighted by atomic mass is 35.5. The fourth-order valence-electron chi connectivity index (χ4n) is 4.23. The molecule has 12 heteroatoms. The number of halogens is 1. The normalized spacial score (nSPS) is 29.4. The second-order valence-electron chi connectivity index (χ2n) is 8.77. The van der Waals surface area contributed by atoms with E-state index >= 15 is 0 Å². The summed E-state index contributed by atoms with van der Waals surface area (Å²) in [6.45, 7) is 2.55. The van der Waals surface area contributed by atoms with Gasteiger partial charge in [0.2, 0.25) is 23.6 Å². The van der Waals surface area contributed by atoms with Gasteiger partial charge in [0.15, 0.2) is 12.8 Å². The zero-order valence-corrected chi connectivity index (χ0v) is 20.1. The Balaban J connectivity index is 1.42. The first-order valence-electron chi connectivity index (χ1n) is 10.7. The van der Waals surface area contributed by atoms with Gasteiger partial charge < -0.3 is 20.1 Å². The minimum atomic E-state index is -1.60. The van der Waals surface area contributed by atoms with Crippen LogP contribution in [0.2, 0.25) is 5.02 Å². The number of benzene rings is 1. The van der Waals surface area contributed by atoms with Crippen LogP contribution in [-0.4, -0.2) is 80.0 Å². The van der Waals surface area contributed by atoms with E-state index in [-0.39, 0.29) is 24.5 Å². The van der Waals surface area contributed by atoms with Crippen LogP contribution in [0.4, 0.5) is 0 Å². The summed E-state index contributed by atoms with van der Waals surface area (Å²) in [6.07, 6.45) is 0.105. The van der Waals surface area contributed by atoms with Crippen LogP contribution in [0.1, 0.15) is 38.2 Å². The number of carbonyl (C=O) groups excluding carboxylic acids is 5. The molecule has 4 rings (SSSR count). The highest BCUT2D eigenvalue weighted by molar-refractivity contribution is 8.00. The standard InChI is InChI=1S/C22H24ClN3O7S/c1-11(12-3-5-13(23)6-4-12)18(29)24-16-19(30)26-17(22(2,32)9-34-20(16)26)21(31)33-10-25-14(27)7-8-15(25)28/h3-6,11,16-17,20,32H,7-10H2,1-2H3,(H,24,29)/t11?,16?,17?,20-,22?/m0/s1. The summed E-state index contributed by atoms with van der Waals surface area (Å²) in [5.74, 6) is -3.11. The number of nitrogens with zero attached hydrogens (tertiary/aromatic N) is 2. The predicted octanol–water partition coefficient (Wildman–Crippen LogP) is 0.613. The van der Waals surface area contributed by atoms with E-state index in [0.717, 1.165) is 10.5 Å². The van der Waals surface area contributed by atoms with E-state index in [4.69, 9.17) is 16.3 Å².